The van der Waals surface area contributed by atoms with Crippen molar-refractivity contribution in [1.29, 1.82) is 0 Å². The second-order valence-corrected chi connectivity index (χ2v) is 19.2. The number of sulfonamides is 1. The number of hydrogen-bond acceptors (Lipinski definition) is 10. The van der Waals surface area contributed by atoms with Crippen molar-refractivity contribution in [3.8, 4) is 11.5 Å². The Balaban J connectivity index is 1.49. The van der Waals surface area contributed by atoms with Gasteiger partial charge in [0.05, 0.1) is 31.6 Å². The van der Waals surface area contributed by atoms with Crippen molar-refractivity contribution in [1.82, 2.24) is 24.7 Å². The van der Waals surface area contributed by atoms with Gasteiger partial charge in [-0.25, -0.2) is 16.8 Å². The number of piperazine rings is 1. The van der Waals surface area contributed by atoms with Gasteiger partial charge in [0.25, 0.3) is 5.91 Å². The number of hydrogen-bond donors (Lipinski definition) is 2. The smallest absolute Gasteiger partial charge is 0.262 e. The molecule has 2 N–H and O–H groups in total. The summed E-state index contributed by atoms with van der Waals surface area (Å²) in [5.41, 5.74) is 0.335. The molecule has 294 valence electrons. The Labute approximate surface area is 329 Å². The number of halogens is 2. The number of amides is 1. The minimum atomic E-state index is -4.04. The lowest BCUT2D eigenvalue weighted by atomic mass is 9.95. The first-order valence-corrected chi connectivity index (χ1v) is 22.6. The van der Waals surface area contributed by atoms with E-state index < -0.39 is 37.6 Å². The van der Waals surface area contributed by atoms with Gasteiger partial charge in [-0.15, -0.1) is 0 Å². The lowest BCUT2D eigenvalue weighted by Crippen LogP contribution is -2.62. The Morgan fingerprint density at radius 2 is 1.37 bits per heavy atom. The summed E-state index contributed by atoms with van der Waals surface area (Å²) in [6.45, 7) is 5.28. The normalized spacial score (nSPS) is 23.0. The summed E-state index contributed by atoms with van der Waals surface area (Å²) < 4.78 is 65.7. The molecule has 54 heavy (non-hydrogen) atoms. The van der Waals surface area contributed by atoms with Crippen LogP contribution in [-0.4, -0.2) is 108 Å². The lowest BCUT2D eigenvalue weighted by Gasteiger charge is -2.41. The Bertz CT molecular complexity index is 1950. The number of sulfone groups is 1. The first kappa shape index (κ1) is 40.7. The van der Waals surface area contributed by atoms with Crippen LogP contribution >= 0.6 is 23.2 Å². The summed E-state index contributed by atoms with van der Waals surface area (Å²) >= 11 is 12.7. The fraction of sp³-hybridized carbons (Fsp3) is 0.500. The van der Waals surface area contributed by atoms with Crippen molar-refractivity contribution < 1.29 is 31.1 Å². The van der Waals surface area contributed by atoms with Gasteiger partial charge >= 0.3 is 0 Å². The molecule has 1 amide bonds. The summed E-state index contributed by atoms with van der Waals surface area (Å²) in [5.74, 6) is 0.216. The van der Waals surface area contributed by atoms with Gasteiger partial charge in [0.1, 0.15) is 26.2 Å². The van der Waals surface area contributed by atoms with E-state index in [0.717, 1.165) is 30.4 Å². The van der Waals surface area contributed by atoms with Crippen molar-refractivity contribution in [2.45, 2.75) is 55.2 Å². The van der Waals surface area contributed by atoms with Crippen molar-refractivity contribution in [3.05, 3.63) is 87.4 Å². The number of piperidine rings is 1. The zero-order valence-corrected chi connectivity index (χ0v) is 34.0. The third-order valence-corrected chi connectivity index (χ3v) is 13.9. The van der Waals surface area contributed by atoms with E-state index in [1.807, 2.05) is 31.2 Å². The lowest BCUT2D eigenvalue weighted by molar-refractivity contribution is -0.141. The Kier molecular flexibility index (Phi) is 12.8. The second-order valence-electron chi connectivity index (χ2n) is 14.1. The van der Waals surface area contributed by atoms with Gasteiger partial charge in [0.2, 0.25) is 10.0 Å². The molecular formula is C38H49Cl2N5O7S2. The summed E-state index contributed by atoms with van der Waals surface area (Å²) in [6, 6.07) is 16.9. The predicted molar refractivity (Wildman–Crippen MR) is 210 cm³/mol. The van der Waals surface area contributed by atoms with Gasteiger partial charge < -0.3 is 14.4 Å². The van der Waals surface area contributed by atoms with Gasteiger partial charge in [-0.3, -0.25) is 20.3 Å². The molecule has 16 heteroatoms. The molecule has 0 aromatic heterocycles. The van der Waals surface area contributed by atoms with E-state index in [2.05, 4.69) is 15.5 Å². The van der Waals surface area contributed by atoms with Crippen LogP contribution in [0.1, 0.15) is 61.4 Å². The minimum Gasteiger partial charge on any atom is -0.495 e. The van der Waals surface area contributed by atoms with Crippen LogP contribution in [0.15, 0.2) is 65.6 Å². The Morgan fingerprint density at radius 1 is 0.815 bits per heavy atom. The quantitative estimate of drug-likeness (QED) is 0.243. The molecule has 0 bridgehead atoms. The van der Waals surface area contributed by atoms with Crippen LogP contribution in [0.25, 0.3) is 0 Å². The molecule has 3 fully saturated rings. The fourth-order valence-corrected chi connectivity index (χ4v) is 10.2. The molecule has 3 atom stereocenters. The molecule has 0 aliphatic carbocycles. The molecule has 0 spiro atoms. The highest BCUT2D eigenvalue weighted by molar-refractivity contribution is 7.90. The summed E-state index contributed by atoms with van der Waals surface area (Å²) in [7, 11) is -5.70. The number of nitrogens with one attached hydrogen (secondary N) is 2. The highest BCUT2D eigenvalue weighted by atomic mass is 35.5. The highest BCUT2D eigenvalue weighted by Crippen LogP contribution is 2.47. The third-order valence-electron chi connectivity index (χ3n) is 10.4. The molecule has 3 aromatic carbocycles. The summed E-state index contributed by atoms with van der Waals surface area (Å²) in [6.07, 6.45) is 4.19. The first-order chi connectivity index (χ1) is 25.8. The molecule has 6 rings (SSSR count). The van der Waals surface area contributed by atoms with E-state index in [4.69, 9.17) is 32.7 Å². The summed E-state index contributed by atoms with van der Waals surface area (Å²) in [5, 5.41) is 8.49. The van der Waals surface area contributed by atoms with Crippen LogP contribution in [0, 0.1) is 0 Å². The first-order valence-electron chi connectivity index (χ1n) is 18.4. The topological polar surface area (TPSA) is 138 Å². The highest BCUT2D eigenvalue weighted by Gasteiger charge is 2.55. The third kappa shape index (κ3) is 8.86. The maximum absolute atomic E-state index is 15.4. The molecular weight excluding hydrogens is 773 g/mol. The van der Waals surface area contributed by atoms with Crippen LogP contribution < -0.4 is 20.1 Å². The number of carbonyl (C=O) groups is 1. The molecule has 0 saturated carbocycles. The van der Waals surface area contributed by atoms with Gasteiger partial charge in [-0.05, 0) is 74.2 Å². The molecule has 3 saturated heterocycles. The predicted octanol–water partition coefficient (Wildman–Crippen LogP) is 4.98. The van der Waals surface area contributed by atoms with Crippen LogP contribution in [0.3, 0.4) is 0 Å². The molecule has 3 heterocycles. The average molecular weight is 823 g/mol. The van der Waals surface area contributed by atoms with Crippen LogP contribution in [0.4, 0.5) is 0 Å². The van der Waals surface area contributed by atoms with Crippen molar-refractivity contribution in [2.24, 2.45) is 0 Å². The fourth-order valence-electron chi connectivity index (χ4n) is 7.64. The van der Waals surface area contributed by atoms with Gasteiger partial charge in [-0.2, -0.15) is 4.31 Å². The van der Waals surface area contributed by atoms with Crippen LogP contribution in [0.2, 0.25) is 10.0 Å². The van der Waals surface area contributed by atoms with Crippen molar-refractivity contribution >= 4 is 49.0 Å². The molecule has 3 aliphatic heterocycles. The molecule has 12 nitrogen and oxygen atoms in total. The van der Waals surface area contributed by atoms with E-state index in [0.29, 0.717) is 73.6 Å². The Morgan fingerprint density at radius 3 is 1.87 bits per heavy atom. The SMILES string of the molecule is CCOc1cc(OC)c(S(=O)(=O)N2CCCCC2)cc1C1(C(=O)N2CCN(CCCS(C)(=O)=O)CC2)N[C@H](c2ccc(Cl)cc2)[C@H](c2ccc(Cl)cc2)N1. The molecule has 3 aromatic rings. The number of carbonyl (C=O) groups excluding carboxylic acids is 1. The van der Waals surface area contributed by atoms with E-state index >= 15 is 4.79 Å². The maximum Gasteiger partial charge on any atom is 0.262 e. The number of rotatable bonds is 13. The van der Waals surface area contributed by atoms with E-state index in [-0.39, 0.29) is 28.9 Å². The van der Waals surface area contributed by atoms with Crippen molar-refractivity contribution in [2.75, 3.05) is 71.5 Å². The van der Waals surface area contributed by atoms with Gasteiger partial charge in [0, 0.05) is 67.2 Å². The van der Waals surface area contributed by atoms with Crippen LogP contribution in [-0.2, 0) is 30.3 Å². The molecule has 0 radical (unpaired) electrons. The Hall–Kier alpha value is -2.95. The molecule has 3 aliphatic rings. The summed E-state index contributed by atoms with van der Waals surface area (Å²) in [4.78, 5) is 19.3. The largest absolute Gasteiger partial charge is 0.495 e. The number of ether oxygens (including phenoxy) is 2. The monoisotopic (exact) mass is 821 g/mol. The van der Waals surface area contributed by atoms with Crippen molar-refractivity contribution in [3.63, 3.8) is 0 Å². The average Bonchev–Trinajstić information content (AvgIpc) is 3.57. The number of methoxy groups -OCH3 is 1. The minimum absolute atomic E-state index is 0.0465. The molecule has 1 unspecified atom stereocenters. The zero-order valence-electron chi connectivity index (χ0n) is 30.9. The van der Waals surface area contributed by atoms with E-state index in [9.17, 15) is 16.8 Å². The van der Waals surface area contributed by atoms with Gasteiger partial charge in [-0.1, -0.05) is 53.9 Å². The zero-order chi connectivity index (χ0) is 38.7. The van der Waals surface area contributed by atoms with E-state index in [1.165, 1.54) is 23.7 Å². The number of nitrogens with zero attached hydrogens (tertiary/aromatic N) is 3. The number of benzene rings is 3. The van der Waals surface area contributed by atoms with Gasteiger partial charge in [0.15, 0.2) is 5.66 Å². The van der Waals surface area contributed by atoms with Crippen LogP contribution in [0.5, 0.6) is 11.5 Å². The standard InChI is InChI=1S/C38H49Cl2N5O7S2/c1-4-52-32-26-33(51-2)34(54(49,50)45-18-6-5-7-19-45)25-31(32)38(37(46)44-22-20-43(21-23-44)17-8-24-53(3,47)48)41-35(27-9-13-29(39)14-10-27)36(42-38)28-11-15-30(40)16-12-28/h9-16,25-26,35-36,41-42H,4-8,17-24H2,1-3H3/t35-,36+,38?. The van der Waals surface area contributed by atoms with E-state index in [1.54, 1.807) is 35.2 Å². The second kappa shape index (κ2) is 17.0. The maximum atomic E-state index is 15.4.